The van der Waals surface area contributed by atoms with Gasteiger partial charge >= 0.3 is 6.18 Å². The SMILES string of the molecule is FC(F)(F)c1ccc(NCc2csc(Br)c2)c(Cl)c1. The fourth-order valence-electron chi connectivity index (χ4n) is 1.47. The molecule has 0 radical (unpaired) electrons. The molecule has 1 aromatic heterocycles. The normalized spacial score (nSPS) is 11.6. The Morgan fingerprint density at radius 3 is 2.53 bits per heavy atom. The highest BCUT2D eigenvalue weighted by Gasteiger charge is 2.30. The number of hydrogen-bond donors (Lipinski definition) is 1. The summed E-state index contributed by atoms with van der Waals surface area (Å²) in [6.07, 6.45) is -4.37. The molecule has 2 rings (SSSR count). The second kappa shape index (κ2) is 5.73. The molecule has 0 aliphatic carbocycles. The van der Waals surface area contributed by atoms with E-state index in [1.807, 2.05) is 11.4 Å². The summed E-state index contributed by atoms with van der Waals surface area (Å²) in [7, 11) is 0. The zero-order valence-electron chi connectivity index (χ0n) is 9.39. The summed E-state index contributed by atoms with van der Waals surface area (Å²) in [6.45, 7) is 0.507. The Bertz CT molecular complexity index is 583. The number of halogens is 5. The van der Waals surface area contributed by atoms with Crippen molar-refractivity contribution in [1.29, 1.82) is 0 Å². The van der Waals surface area contributed by atoms with E-state index in [0.29, 0.717) is 12.2 Å². The summed E-state index contributed by atoms with van der Waals surface area (Å²) in [6, 6.07) is 5.22. The van der Waals surface area contributed by atoms with Crippen molar-refractivity contribution in [3.05, 3.63) is 49.6 Å². The summed E-state index contributed by atoms with van der Waals surface area (Å²) in [5, 5.41) is 5.02. The molecule has 1 heterocycles. The number of benzene rings is 1. The van der Waals surface area contributed by atoms with E-state index in [2.05, 4.69) is 21.2 Å². The van der Waals surface area contributed by atoms with E-state index in [1.54, 1.807) is 11.3 Å². The van der Waals surface area contributed by atoms with Crippen LogP contribution in [-0.2, 0) is 12.7 Å². The molecule has 0 atom stereocenters. The van der Waals surface area contributed by atoms with Crippen LogP contribution in [0.2, 0.25) is 5.02 Å². The fraction of sp³-hybridized carbons (Fsp3) is 0.167. The second-order valence-electron chi connectivity index (χ2n) is 3.81. The van der Waals surface area contributed by atoms with Gasteiger partial charge in [0, 0.05) is 6.54 Å². The largest absolute Gasteiger partial charge is 0.416 e. The molecule has 7 heteroatoms. The minimum Gasteiger partial charge on any atom is -0.380 e. The van der Waals surface area contributed by atoms with Crippen LogP contribution in [0, 0.1) is 0 Å². The smallest absolute Gasteiger partial charge is 0.380 e. The minimum absolute atomic E-state index is 0.0594. The zero-order chi connectivity index (χ0) is 14.0. The maximum atomic E-state index is 12.5. The molecule has 0 bridgehead atoms. The third-order valence-corrected chi connectivity index (χ3v) is 4.27. The Balaban J connectivity index is 2.09. The van der Waals surface area contributed by atoms with Gasteiger partial charge in [0.1, 0.15) is 0 Å². The quantitative estimate of drug-likeness (QED) is 0.720. The number of hydrogen-bond acceptors (Lipinski definition) is 2. The maximum Gasteiger partial charge on any atom is 0.416 e. The van der Waals surface area contributed by atoms with Crippen LogP contribution >= 0.6 is 38.9 Å². The first-order valence-electron chi connectivity index (χ1n) is 5.20. The van der Waals surface area contributed by atoms with Crippen LogP contribution in [0.25, 0.3) is 0 Å². The van der Waals surface area contributed by atoms with Crippen LogP contribution in [-0.4, -0.2) is 0 Å². The summed E-state index contributed by atoms with van der Waals surface area (Å²) in [4.78, 5) is 0. The molecule has 1 nitrogen and oxygen atoms in total. The first-order valence-corrected chi connectivity index (χ1v) is 7.25. The van der Waals surface area contributed by atoms with Gasteiger partial charge in [-0.25, -0.2) is 0 Å². The Hall–Kier alpha value is -0.720. The molecule has 0 amide bonds. The molecule has 0 saturated carbocycles. The van der Waals surface area contributed by atoms with Crippen LogP contribution in [0.5, 0.6) is 0 Å². The first kappa shape index (κ1) is 14.7. The molecule has 19 heavy (non-hydrogen) atoms. The summed E-state index contributed by atoms with van der Waals surface area (Å²) in [5.74, 6) is 0. The van der Waals surface area contributed by atoms with Gasteiger partial charge in [-0.15, -0.1) is 11.3 Å². The number of anilines is 1. The number of nitrogens with one attached hydrogen (secondary N) is 1. The number of alkyl halides is 3. The van der Waals surface area contributed by atoms with Crippen LogP contribution < -0.4 is 5.32 Å². The molecule has 102 valence electrons. The number of thiophene rings is 1. The van der Waals surface area contributed by atoms with Gasteiger partial charge in [-0.2, -0.15) is 13.2 Å². The van der Waals surface area contributed by atoms with Gasteiger partial charge in [-0.1, -0.05) is 11.6 Å². The van der Waals surface area contributed by atoms with Crippen molar-refractivity contribution in [2.45, 2.75) is 12.7 Å². The van der Waals surface area contributed by atoms with Crippen molar-refractivity contribution >= 4 is 44.6 Å². The third kappa shape index (κ3) is 3.87. The Morgan fingerprint density at radius 1 is 1.26 bits per heavy atom. The second-order valence-corrected chi connectivity index (χ2v) is 6.50. The maximum absolute atomic E-state index is 12.5. The fourth-order valence-corrected chi connectivity index (χ4v) is 2.93. The van der Waals surface area contributed by atoms with Crippen LogP contribution in [0.15, 0.2) is 33.4 Å². The molecule has 0 aliphatic rings. The summed E-state index contributed by atoms with van der Waals surface area (Å²) in [5.41, 5.74) is 0.770. The van der Waals surface area contributed by atoms with Gasteiger partial charge in [0.15, 0.2) is 0 Å². The monoisotopic (exact) mass is 369 g/mol. The molecule has 0 spiro atoms. The molecule has 1 aromatic carbocycles. The molecule has 2 aromatic rings. The van der Waals surface area contributed by atoms with Crippen LogP contribution in [0.1, 0.15) is 11.1 Å². The molecule has 0 aliphatic heterocycles. The molecule has 0 unspecified atom stereocenters. The molecule has 0 fully saturated rings. The summed E-state index contributed by atoms with van der Waals surface area (Å²) >= 11 is 10.7. The highest BCUT2D eigenvalue weighted by Crippen LogP contribution is 2.34. The molecular weight excluding hydrogens is 363 g/mol. The lowest BCUT2D eigenvalue weighted by molar-refractivity contribution is -0.137. The predicted octanol–water partition coefficient (Wildman–Crippen LogP) is 5.79. The Kier molecular flexibility index (Phi) is 4.43. The van der Waals surface area contributed by atoms with Crippen LogP contribution in [0.3, 0.4) is 0 Å². The number of rotatable bonds is 3. The van der Waals surface area contributed by atoms with Crippen molar-refractivity contribution in [1.82, 2.24) is 0 Å². The standard InChI is InChI=1S/C12H8BrClF3NS/c13-11-3-7(6-19-11)5-18-10-2-1-8(4-9(10)14)12(15,16)17/h1-4,6,18H,5H2. The van der Waals surface area contributed by atoms with E-state index in [0.717, 1.165) is 21.5 Å². The van der Waals surface area contributed by atoms with E-state index >= 15 is 0 Å². The lowest BCUT2D eigenvalue weighted by Crippen LogP contribution is -2.06. The topological polar surface area (TPSA) is 12.0 Å². The van der Waals surface area contributed by atoms with Crippen molar-refractivity contribution in [2.75, 3.05) is 5.32 Å². The zero-order valence-corrected chi connectivity index (χ0v) is 12.6. The lowest BCUT2D eigenvalue weighted by Gasteiger charge is -2.11. The van der Waals surface area contributed by atoms with Gasteiger partial charge in [0.2, 0.25) is 0 Å². The average Bonchev–Trinajstić information content (AvgIpc) is 2.72. The van der Waals surface area contributed by atoms with Crippen molar-refractivity contribution in [2.24, 2.45) is 0 Å². The van der Waals surface area contributed by atoms with Crippen molar-refractivity contribution in [3.63, 3.8) is 0 Å². The third-order valence-electron chi connectivity index (χ3n) is 2.40. The lowest BCUT2D eigenvalue weighted by atomic mass is 10.2. The molecular formula is C12H8BrClF3NS. The van der Waals surface area contributed by atoms with Gasteiger partial charge < -0.3 is 5.32 Å². The Morgan fingerprint density at radius 2 is 2.00 bits per heavy atom. The van der Waals surface area contributed by atoms with Crippen LogP contribution in [0.4, 0.5) is 18.9 Å². The van der Waals surface area contributed by atoms with E-state index in [4.69, 9.17) is 11.6 Å². The van der Waals surface area contributed by atoms with E-state index in [9.17, 15) is 13.2 Å². The van der Waals surface area contributed by atoms with E-state index < -0.39 is 11.7 Å². The Labute approximate surface area is 125 Å². The molecule has 1 N–H and O–H groups in total. The van der Waals surface area contributed by atoms with E-state index in [1.165, 1.54) is 6.07 Å². The summed E-state index contributed by atoms with van der Waals surface area (Å²) < 4.78 is 38.4. The average molecular weight is 371 g/mol. The van der Waals surface area contributed by atoms with Gasteiger partial charge in [-0.3, -0.25) is 0 Å². The molecule has 0 saturated heterocycles. The van der Waals surface area contributed by atoms with E-state index in [-0.39, 0.29) is 5.02 Å². The van der Waals surface area contributed by atoms with Crippen molar-refractivity contribution < 1.29 is 13.2 Å². The minimum atomic E-state index is -4.37. The first-order chi connectivity index (χ1) is 8.86. The van der Waals surface area contributed by atoms with Gasteiger partial charge in [-0.05, 0) is 51.1 Å². The predicted molar refractivity (Wildman–Crippen MR) is 75.8 cm³/mol. The van der Waals surface area contributed by atoms with Gasteiger partial charge in [0.05, 0.1) is 20.1 Å². The van der Waals surface area contributed by atoms with Gasteiger partial charge in [0.25, 0.3) is 0 Å². The highest BCUT2D eigenvalue weighted by atomic mass is 79.9. The highest BCUT2D eigenvalue weighted by molar-refractivity contribution is 9.11. The van der Waals surface area contributed by atoms with Crippen molar-refractivity contribution in [3.8, 4) is 0 Å².